The van der Waals surface area contributed by atoms with Crippen LogP contribution in [0.15, 0.2) is 23.3 Å². The van der Waals surface area contributed by atoms with Crippen LogP contribution in [0.4, 0.5) is 0 Å². The van der Waals surface area contributed by atoms with Gasteiger partial charge in [-0.2, -0.15) is 0 Å². The van der Waals surface area contributed by atoms with E-state index >= 15 is 0 Å². The standard InChI is InChI=1S/C13H23OSi/c1-10-8-12(9-11(10)2)14-15(6,7)13(3,4)5/h8-9H,1-7H3. The van der Waals surface area contributed by atoms with Crippen molar-refractivity contribution in [2.45, 2.75) is 52.8 Å². The third-order valence-electron chi connectivity index (χ3n) is 3.52. The minimum atomic E-state index is -1.66. The molecule has 0 fully saturated rings. The summed E-state index contributed by atoms with van der Waals surface area (Å²) in [4.78, 5) is 0. The molecule has 0 aromatic heterocycles. The molecule has 0 aromatic rings. The molecule has 1 rings (SSSR count). The quantitative estimate of drug-likeness (QED) is 0.629. The molecule has 0 heterocycles. The van der Waals surface area contributed by atoms with Crippen molar-refractivity contribution >= 4 is 8.32 Å². The van der Waals surface area contributed by atoms with Crippen LogP contribution < -0.4 is 0 Å². The molecule has 1 aliphatic rings. The third kappa shape index (κ3) is 2.82. The summed E-state index contributed by atoms with van der Waals surface area (Å²) >= 11 is 0. The van der Waals surface area contributed by atoms with Crippen LogP contribution in [0.3, 0.4) is 0 Å². The molecule has 0 saturated heterocycles. The van der Waals surface area contributed by atoms with Gasteiger partial charge in [0, 0.05) is 0 Å². The SMILES string of the molecule is CC1=C[C](O[Si](C)(C)C(C)(C)C)C=C1C. The van der Waals surface area contributed by atoms with Crippen molar-refractivity contribution in [2.24, 2.45) is 0 Å². The summed E-state index contributed by atoms with van der Waals surface area (Å²) in [5.74, 6) is 0. The molecule has 0 N–H and O–H groups in total. The van der Waals surface area contributed by atoms with E-state index < -0.39 is 8.32 Å². The zero-order chi connectivity index (χ0) is 11.9. The van der Waals surface area contributed by atoms with Crippen molar-refractivity contribution in [1.29, 1.82) is 0 Å². The van der Waals surface area contributed by atoms with E-state index in [4.69, 9.17) is 4.43 Å². The maximum Gasteiger partial charge on any atom is 0.193 e. The molecular formula is C13H23OSi. The van der Waals surface area contributed by atoms with Crippen LogP contribution in [0, 0.1) is 6.10 Å². The van der Waals surface area contributed by atoms with E-state index in [1.165, 1.54) is 11.1 Å². The Morgan fingerprint density at radius 3 is 1.73 bits per heavy atom. The molecule has 0 bridgehead atoms. The maximum absolute atomic E-state index is 6.21. The molecule has 0 spiro atoms. The predicted molar refractivity (Wildman–Crippen MR) is 69.0 cm³/mol. The van der Waals surface area contributed by atoms with Crippen LogP contribution in [-0.4, -0.2) is 8.32 Å². The Bertz CT molecular complexity index is 287. The molecule has 0 aromatic carbocycles. The van der Waals surface area contributed by atoms with Gasteiger partial charge in [-0.3, -0.25) is 0 Å². The van der Waals surface area contributed by atoms with E-state index in [1.54, 1.807) is 0 Å². The summed E-state index contributed by atoms with van der Waals surface area (Å²) in [6, 6.07) is 0. The van der Waals surface area contributed by atoms with Crippen molar-refractivity contribution in [3.63, 3.8) is 0 Å². The van der Waals surface area contributed by atoms with Gasteiger partial charge in [0.2, 0.25) is 0 Å². The van der Waals surface area contributed by atoms with Crippen LogP contribution in [0.5, 0.6) is 0 Å². The highest BCUT2D eigenvalue weighted by molar-refractivity contribution is 6.74. The van der Waals surface area contributed by atoms with Gasteiger partial charge in [-0.15, -0.1) is 0 Å². The molecule has 0 saturated carbocycles. The van der Waals surface area contributed by atoms with Gasteiger partial charge in [0.15, 0.2) is 8.32 Å². The smallest absolute Gasteiger partial charge is 0.193 e. The first-order valence-electron chi connectivity index (χ1n) is 5.56. The summed E-state index contributed by atoms with van der Waals surface area (Å²) in [5, 5.41) is 0.270. The zero-order valence-electron chi connectivity index (χ0n) is 11.1. The highest BCUT2D eigenvalue weighted by atomic mass is 28.4. The third-order valence-corrected chi connectivity index (χ3v) is 7.88. The Hall–Kier alpha value is -0.343. The van der Waals surface area contributed by atoms with Gasteiger partial charge in [0.25, 0.3) is 0 Å². The van der Waals surface area contributed by atoms with Gasteiger partial charge >= 0.3 is 0 Å². The van der Waals surface area contributed by atoms with Crippen molar-refractivity contribution < 1.29 is 4.43 Å². The second-order valence-corrected chi connectivity index (χ2v) is 10.6. The van der Waals surface area contributed by atoms with Crippen LogP contribution in [0.2, 0.25) is 18.1 Å². The molecule has 0 amide bonds. The van der Waals surface area contributed by atoms with Gasteiger partial charge in [-0.1, -0.05) is 20.8 Å². The lowest BCUT2D eigenvalue weighted by Gasteiger charge is -2.37. The van der Waals surface area contributed by atoms with Crippen LogP contribution in [0.1, 0.15) is 34.6 Å². The molecule has 1 aliphatic carbocycles. The molecule has 0 aliphatic heterocycles. The van der Waals surface area contributed by atoms with E-state index in [0.29, 0.717) is 0 Å². The van der Waals surface area contributed by atoms with Crippen molar-refractivity contribution in [3.05, 3.63) is 29.4 Å². The summed E-state index contributed by atoms with van der Waals surface area (Å²) in [7, 11) is -1.66. The molecular weight excluding hydrogens is 200 g/mol. The Morgan fingerprint density at radius 2 is 1.40 bits per heavy atom. The fourth-order valence-electron chi connectivity index (χ4n) is 1.20. The minimum Gasteiger partial charge on any atom is -0.401 e. The fourth-order valence-corrected chi connectivity index (χ4v) is 2.22. The Morgan fingerprint density at radius 1 is 1.00 bits per heavy atom. The van der Waals surface area contributed by atoms with E-state index in [2.05, 4.69) is 59.9 Å². The second-order valence-electron chi connectivity index (χ2n) is 5.92. The zero-order valence-corrected chi connectivity index (χ0v) is 12.1. The summed E-state index contributed by atoms with van der Waals surface area (Å²) in [6.07, 6.45) is 5.35. The lowest BCUT2D eigenvalue weighted by Crippen LogP contribution is -2.41. The molecule has 0 atom stereocenters. The normalized spacial score (nSPS) is 19.1. The van der Waals surface area contributed by atoms with Gasteiger partial charge in [-0.25, -0.2) is 0 Å². The number of allylic oxidation sites excluding steroid dienone is 2. The molecule has 85 valence electrons. The lowest BCUT2D eigenvalue weighted by atomic mass is 10.2. The highest BCUT2D eigenvalue weighted by Crippen LogP contribution is 2.40. The Kier molecular flexibility index (Phi) is 3.32. The first-order valence-corrected chi connectivity index (χ1v) is 8.47. The van der Waals surface area contributed by atoms with Crippen LogP contribution in [-0.2, 0) is 4.43 Å². The molecule has 15 heavy (non-hydrogen) atoms. The fraction of sp³-hybridized carbons (Fsp3) is 0.615. The summed E-state index contributed by atoms with van der Waals surface area (Å²) < 4.78 is 6.21. The number of hydrogen-bond acceptors (Lipinski definition) is 1. The molecule has 1 radical (unpaired) electrons. The van der Waals surface area contributed by atoms with Crippen LogP contribution in [0.25, 0.3) is 0 Å². The maximum atomic E-state index is 6.21. The Labute approximate surface area is 95.4 Å². The predicted octanol–water partition coefficient (Wildman–Crippen LogP) is 4.45. The monoisotopic (exact) mass is 223 g/mol. The van der Waals surface area contributed by atoms with E-state index in [0.717, 1.165) is 6.10 Å². The van der Waals surface area contributed by atoms with E-state index in [-0.39, 0.29) is 5.04 Å². The average Bonchev–Trinajstić information content (AvgIpc) is 2.27. The first-order chi connectivity index (χ1) is 6.63. The topological polar surface area (TPSA) is 9.23 Å². The van der Waals surface area contributed by atoms with E-state index in [9.17, 15) is 0 Å². The second kappa shape index (κ2) is 3.91. The summed E-state index contributed by atoms with van der Waals surface area (Å²) in [6.45, 7) is 15.6. The van der Waals surface area contributed by atoms with Gasteiger partial charge < -0.3 is 4.43 Å². The first kappa shape index (κ1) is 12.7. The van der Waals surface area contributed by atoms with Crippen molar-refractivity contribution in [3.8, 4) is 0 Å². The van der Waals surface area contributed by atoms with E-state index in [1.807, 2.05) is 0 Å². The summed E-state index contributed by atoms with van der Waals surface area (Å²) in [5.41, 5.74) is 2.65. The van der Waals surface area contributed by atoms with Gasteiger partial charge in [-0.05, 0) is 55.3 Å². The molecule has 2 heteroatoms. The molecule has 1 nitrogen and oxygen atoms in total. The minimum absolute atomic E-state index is 0.270. The van der Waals surface area contributed by atoms with Gasteiger partial charge in [0.1, 0.15) is 6.10 Å². The highest BCUT2D eigenvalue weighted by Gasteiger charge is 2.39. The largest absolute Gasteiger partial charge is 0.401 e. The average molecular weight is 223 g/mol. The molecule has 0 unspecified atom stereocenters. The Balaban J connectivity index is 2.73. The van der Waals surface area contributed by atoms with Crippen molar-refractivity contribution in [2.75, 3.05) is 0 Å². The van der Waals surface area contributed by atoms with Crippen LogP contribution >= 0.6 is 0 Å². The number of rotatable bonds is 2. The van der Waals surface area contributed by atoms with Crippen molar-refractivity contribution in [1.82, 2.24) is 0 Å². The number of hydrogen-bond donors (Lipinski definition) is 0. The van der Waals surface area contributed by atoms with Gasteiger partial charge in [0.05, 0.1) is 0 Å². The lowest BCUT2D eigenvalue weighted by molar-refractivity contribution is 0.352.